The van der Waals surface area contributed by atoms with Crippen LogP contribution in [-0.4, -0.2) is 93.0 Å². The quantitative estimate of drug-likeness (QED) is 0.240. The minimum absolute atomic E-state index is 0.0785. The number of benzene rings is 1. The lowest BCUT2D eigenvalue weighted by atomic mass is 9.89. The Morgan fingerprint density at radius 1 is 1.04 bits per heavy atom. The Bertz CT molecular complexity index is 1990. The number of hydrogen-bond donors (Lipinski definition) is 0. The highest BCUT2D eigenvalue weighted by Crippen LogP contribution is 2.61. The van der Waals surface area contributed by atoms with Gasteiger partial charge in [0, 0.05) is 49.7 Å². The number of halogens is 6. The summed E-state index contributed by atoms with van der Waals surface area (Å²) in [7, 11) is 0. The number of aromatic nitrogens is 3. The number of nitrogens with zero attached hydrogens (tertiary/aromatic N) is 6. The van der Waals surface area contributed by atoms with Gasteiger partial charge in [0.1, 0.15) is 29.7 Å². The van der Waals surface area contributed by atoms with E-state index in [1.807, 2.05) is 25.7 Å². The molecule has 4 atom stereocenters. The van der Waals surface area contributed by atoms with Crippen molar-refractivity contribution in [2.45, 2.75) is 115 Å². The molecule has 8 rings (SSSR count). The van der Waals surface area contributed by atoms with Crippen LogP contribution in [0.25, 0.3) is 22.2 Å². The van der Waals surface area contributed by atoms with Crippen molar-refractivity contribution >= 4 is 34.4 Å². The number of fused-ring (bicyclic) bond motifs is 4. The predicted molar refractivity (Wildman–Crippen MR) is 190 cm³/mol. The van der Waals surface area contributed by atoms with E-state index in [9.17, 15) is 22.4 Å². The Morgan fingerprint density at radius 3 is 2.47 bits per heavy atom. The number of carbonyl (C=O) groups is 1. The summed E-state index contributed by atoms with van der Waals surface area (Å²) >= 11 is 6.73. The molecule has 0 unspecified atom stereocenters. The van der Waals surface area contributed by atoms with Crippen LogP contribution >= 0.6 is 11.6 Å². The van der Waals surface area contributed by atoms with Crippen LogP contribution in [0.5, 0.6) is 6.01 Å². The van der Waals surface area contributed by atoms with Gasteiger partial charge in [-0.25, -0.2) is 13.6 Å². The van der Waals surface area contributed by atoms with Gasteiger partial charge in [0.05, 0.1) is 33.4 Å². The molecule has 5 aliphatic rings. The van der Waals surface area contributed by atoms with Gasteiger partial charge in [-0.05, 0) is 96.3 Å². The van der Waals surface area contributed by atoms with E-state index in [-0.39, 0.29) is 63.1 Å². The lowest BCUT2D eigenvalue weighted by Gasteiger charge is -2.32. The van der Waals surface area contributed by atoms with Gasteiger partial charge < -0.3 is 19.3 Å². The third-order valence-electron chi connectivity index (χ3n) is 11.7. The van der Waals surface area contributed by atoms with E-state index in [4.69, 9.17) is 26.1 Å². The molecule has 0 radical (unpaired) electrons. The second-order valence-electron chi connectivity index (χ2n) is 17.0. The van der Waals surface area contributed by atoms with Crippen molar-refractivity contribution in [3.05, 3.63) is 39.8 Å². The second-order valence-corrected chi connectivity index (χ2v) is 17.4. The van der Waals surface area contributed by atoms with Crippen molar-refractivity contribution < 1.29 is 36.2 Å². The van der Waals surface area contributed by atoms with Crippen LogP contribution in [0.1, 0.15) is 82.5 Å². The van der Waals surface area contributed by atoms with E-state index in [0.29, 0.717) is 32.5 Å². The molecule has 5 fully saturated rings. The molecule has 286 valence electrons. The normalized spacial score (nSPS) is 26.7. The number of carbonyl (C=O) groups excluding carboxylic acids is 1. The zero-order valence-electron chi connectivity index (χ0n) is 30.5. The first-order valence-electron chi connectivity index (χ1n) is 18.4. The Labute approximate surface area is 310 Å². The minimum atomic E-state index is -4.84. The van der Waals surface area contributed by atoms with Crippen LogP contribution < -0.4 is 9.64 Å². The number of amides is 1. The molecule has 3 aromatic rings. The molecular weight excluding hydrogens is 719 g/mol. The molecule has 53 heavy (non-hydrogen) atoms. The van der Waals surface area contributed by atoms with Gasteiger partial charge in [-0.3, -0.25) is 9.88 Å². The van der Waals surface area contributed by atoms with Crippen LogP contribution in [0.3, 0.4) is 0 Å². The second kappa shape index (κ2) is 12.5. The minimum Gasteiger partial charge on any atom is -0.461 e. The molecule has 2 aromatic heterocycles. The van der Waals surface area contributed by atoms with E-state index in [1.54, 1.807) is 4.90 Å². The maximum atomic E-state index is 17.1. The Kier molecular flexibility index (Phi) is 8.60. The molecule has 15 heteroatoms. The largest absolute Gasteiger partial charge is 0.461 e. The van der Waals surface area contributed by atoms with Crippen molar-refractivity contribution in [2.24, 2.45) is 5.41 Å². The molecule has 0 N–H and O–H groups in total. The molecule has 1 aliphatic carbocycles. The number of pyridine rings is 1. The van der Waals surface area contributed by atoms with E-state index in [1.165, 1.54) is 26.0 Å². The van der Waals surface area contributed by atoms with Gasteiger partial charge in [-0.2, -0.15) is 23.1 Å². The zero-order chi connectivity index (χ0) is 37.8. The van der Waals surface area contributed by atoms with Crippen LogP contribution in [-0.2, 0) is 10.9 Å². The Balaban J connectivity index is 1.23. The molecule has 1 aromatic carbocycles. The van der Waals surface area contributed by atoms with Gasteiger partial charge in [-0.15, -0.1) is 0 Å². The number of hydrogen-bond acceptors (Lipinski definition) is 8. The summed E-state index contributed by atoms with van der Waals surface area (Å²) < 4.78 is 87.4. The topological polar surface area (TPSA) is 83.9 Å². The molecule has 1 saturated carbocycles. The van der Waals surface area contributed by atoms with Crippen molar-refractivity contribution in [3.63, 3.8) is 0 Å². The average Bonchev–Trinajstić information content (AvgIpc) is 3.47. The summed E-state index contributed by atoms with van der Waals surface area (Å²) in [5, 5.41) is -0.0937. The molecule has 4 aliphatic heterocycles. The molecule has 9 nitrogen and oxygen atoms in total. The van der Waals surface area contributed by atoms with Gasteiger partial charge in [-0.1, -0.05) is 11.6 Å². The Morgan fingerprint density at radius 2 is 1.77 bits per heavy atom. The summed E-state index contributed by atoms with van der Waals surface area (Å²) in [6.07, 6.45) is -0.905. The number of rotatable bonds is 5. The van der Waals surface area contributed by atoms with Crippen molar-refractivity contribution in [1.82, 2.24) is 24.8 Å². The van der Waals surface area contributed by atoms with Crippen molar-refractivity contribution in [1.29, 1.82) is 0 Å². The average molecular weight is 763 g/mol. The lowest BCUT2D eigenvalue weighted by Crippen LogP contribution is -2.45. The highest BCUT2D eigenvalue weighted by atomic mass is 35.5. The molecule has 4 saturated heterocycles. The third-order valence-corrected chi connectivity index (χ3v) is 12.0. The SMILES string of the molecule is Cc1cc(C)c(C(F)(F)F)c(-c2c(Cl)cc3c(N4CC[C@H]5CC[C@@H](C4)N5C(=O)OC(C)(C)C)nc(OC[C@@]45C[C@@H](F)CN4CC4(CC4)C5)nc3c2F)n1. The van der Waals surface area contributed by atoms with Crippen molar-refractivity contribution in [3.8, 4) is 17.3 Å². The summed E-state index contributed by atoms with van der Waals surface area (Å²) in [4.78, 5) is 32.7. The number of alkyl halides is 4. The summed E-state index contributed by atoms with van der Waals surface area (Å²) in [6.45, 7) is 10.3. The molecule has 6 heterocycles. The van der Waals surface area contributed by atoms with Gasteiger partial charge in [0.2, 0.25) is 0 Å². The number of ether oxygens (including phenoxy) is 2. The van der Waals surface area contributed by atoms with E-state index in [2.05, 4.69) is 14.9 Å². The first-order valence-corrected chi connectivity index (χ1v) is 18.8. The fourth-order valence-electron chi connectivity index (χ4n) is 9.46. The fourth-order valence-corrected chi connectivity index (χ4v) is 9.74. The summed E-state index contributed by atoms with van der Waals surface area (Å²) in [5.41, 5.74) is -3.44. The molecule has 2 bridgehead atoms. The first kappa shape index (κ1) is 36.5. The van der Waals surface area contributed by atoms with Crippen LogP contribution in [0.4, 0.5) is 32.6 Å². The van der Waals surface area contributed by atoms with Crippen LogP contribution in [0.2, 0.25) is 5.02 Å². The fraction of sp³-hybridized carbons (Fsp3) is 0.632. The highest BCUT2D eigenvalue weighted by molar-refractivity contribution is 6.34. The number of anilines is 1. The van der Waals surface area contributed by atoms with E-state index >= 15 is 4.39 Å². The summed E-state index contributed by atoms with van der Waals surface area (Å²) in [6, 6.07) is 2.20. The monoisotopic (exact) mass is 762 g/mol. The molecule has 1 spiro atoms. The zero-order valence-corrected chi connectivity index (χ0v) is 31.3. The van der Waals surface area contributed by atoms with Gasteiger partial charge >= 0.3 is 18.3 Å². The maximum absolute atomic E-state index is 17.1. The van der Waals surface area contributed by atoms with Gasteiger partial charge in [0.15, 0.2) is 5.82 Å². The highest BCUT2D eigenvalue weighted by Gasteiger charge is 2.62. The predicted octanol–water partition coefficient (Wildman–Crippen LogP) is 8.44. The third kappa shape index (κ3) is 6.55. The van der Waals surface area contributed by atoms with Crippen LogP contribution in [0, 0.1) is 25.1 Å². The van der Waals surface area contributed by atoms with Crippen LogP contribution in [0.15, 0.2) is 12.1 Å². The van der Waals surface area contributed by atoms with E-state index in [0.717, 1.165) is 38.6 Å². The molecule has 1 amide bonds. The first-order chi connectivity index (χ1) is 24.9. The standard InChI is InChI=1S/C38H44ClF5N6O3/c1-20-12-21(2)45-31(28(20)38(42,43)44)27-26(39)13-25-30(29(27)41)46-33(52-19-37-14-22(40)15-49(37)18-36(17-37)9-10-36)47-32(25)48-11-8-23-6-7-24(16-48)50(23)34(51)53-35(3,4)5/h12-13,22-24H,6-11,14-19H2,1-5H3/t22-,23-,24+,37+/m1/s1. The maximum Gasteiger partial charge on any atom is 0.418 e. The van der Waals surface area contributed by atoms with Gasteiger partial charge in [0.25, 0.3) is 0 Å². The number of aryl methyl sites for hydroxylation is 2. The molecular formula is C38H44ClF5N6O3. The lowest BCUT2D eigenvalue weighted by molar-refractivity contribution is -0.137. The Hall–Kier alpha value is -3.52. The van der Waals surface area contributed by atoms with Crippen molar-refractivity contribution in [2.75, 3.05) is 37.7 Å². The summed E-state index contributed by atoms with van der Waals surface area (Å²) in [5.74, 6) is -0.800. The van der Waals surface area contributed by atoms with E-state index < -0.39 is 52.2 Å². The smallest absolute Gasteiger partial charge is 0.418 e.